The predicted octanol–water partition coefficient (Wildman–Crippen LogP) is 8.73. The van der Waals surface area contributed by atoms with E-state index in [1.54, 1.807) is 72.6 Å². The Morgan fingerprint density at radius 3 is 1.68 bits per heavy atom. The zero-order chi connectivity index (χ0) is 49.3. The summed E-state index contributed by atoms with van der Waals surface area (Å²) in [5.74, 6) is 3.23. The second-order valence-corrected chi connectivity index (χ2v) is 18.5. The smallest absolute Gasteiger partial charge is 0.493 e. The van der Waals surface area contributed by atoms with Crippen molar-refractivity contribution in [1.29, 1.82) is 0 Å². The molecular weight excluding hydrogens is 993 g/mol. The van der Waals surface area contributed by atoms with Crippen molar-refractivity contribution in [2.24, 2.45) is 0 Å². The molecule has 0 bridgehead atoms. The number of nitrogens with one attached hydrogen (secondary N) is 2. The van der Waals surface area contributed by atoms with Gasteiger partial charge in [0.15, 0.2) is 11.3 Å². The van der Waals surface area contributed by atoms with Gasteiger partial charge in [0.2, 0.25) is 23.7 Å². The summed E-state index contributed by atoms with van der Waals surface area (Å²) in [4.78, 5) is 17.3. The van der Waals surface area contributed by atoms with E-state index in [1.165, 1.54) is 12.1 Å². The molecule has 0 unspecified atom stereocenters. The van der Waals surface area contributed by atoms with Gasteiger partial charge in [0.25, 0.3) is 0 Å². The van der Waals surface area contributed by atoms with E-state index in [4.69, 9.17) is 28.3 Å². The van der Waals surface area contributed by atoms with Gasteiger partial charge in [-0.2, -0.15) is 0 Å². The highest BCUT2D eigenvalue weighted by Crippen LogP contribution is 2.37. The standard InChI is InChI=1S/C21H19FN6O2.C14H11BrFN5O.C13H20BNO3.2CH4/c1-12-7-19(29-2)23-8-14(12)16-10-25-21(28-11-26-27-20(16)28)24-9-15-13-5-6-30-18(13)4-3-17(15)22;15-10-6-18-14(21-7-19-20-13(10)21)17-5-9-8-3-4-22-12(8)2-1-11(9)16;1-9-7-11(16-6)15-8-10(9)14-17-12(2,3)13(4,5)18-14;;/h3-4,7-8,10-11H,5-6,9H2,1-2H3,(H,24,25);1-2,6-7H,3-5H2,(H,17,18);7-8H,1-6H3;2*1H4. The number of halogens is 3. The van der Waals surface area contributed by atoms with Crippen molar-refractivity contribution in [3.8, 4) is 34.4 Å². The molecule has 11 rings (SSSR count). The van der Waals surface area contributed by atoms with E-state index < -0.39 is 0 Å². The van der Waals surface area contributed by atoms with E-state index in [2.05, 4.69) is 66.9 Å². The zero-order valence-electron chi connectivity index (χ0n) is 39.8. The Hall–Kier alpha value is -7.04. The van der Waals surface area contributed by atoms with Gasteiger partial charge in [-0.25, -0.2) is 28.7 Å². The van der Waals surface area contributed by atoms with E-state index in [-0.39, 0.29) is 51.4 Å². The molecule has 0 spiro atoms. The van der Waals surface area contributed by atoms with Crippen molar-refractivity contribution in [1.82, 2.24) is 49.1 Å². The maximum Gasteiger partial charge on any atom is 0.496 e. The van der Waals surface area contributed by atoms with Crippen molar-refractivity contribution < 1.29 is 37.0 Å². The normalized spacial score (nSPS) is 14.6. The number of aryl methyl sites for hydroxylation is 2. The number of hydrogen-bond donors (Lipinski definition) is 2. The minimum absolute atomic E-state index is 0. The summed E-state index contributed by atoms with van der Waals surface area (Å²) in [5, 5.41) is 22.5. The first-order chi connectivity index (χ1) is 33.7. The van der Waals surface area contributed by atoms with Crippen LogP contribution in [0.3, 0.4) is 0 Å². The first-order valence-corrected chi connectivity index (χ1v) is 23.2. The lowest BCUT2D eigenvalue weighted by molar-refractivity contribution is 0.00578. The minimum atomic E-state index is -0.367. The van der Waals surface area contributed by atoms with Crippen LogP contribution in [0.1, 0.15) is 75.9 Å². The average Bonchev–Trinajstić information content (AvgIpc) is 4.21. The maximum atomic E-state index is 14.4. The van der Waals surface area contributed by atoms with Crippen molar-refractivity contribution in [3.63, 3.8) is 0 Å². The first kappa shape index (κ1) is 52.8. The van der Waals surface area contributed by atoms with Gasteiger partial charge in [0.05, 0.1) is 43.1 Å². The van der Waals surface area contributed by atoms with Gasteiger partial charge in [0.1, 0.15) is 35.8 Å². The molecule has 8 aromatic rings. The molecule has 22 heteroatoms. The van der Waals surface area contributed by atoms with Crippen LogP contribution < -0.4 is 35.0 Å². The molecule has 72 heavy (non-hydrogen) atoms. The summed E-state index contributed by atoms with van der Waals surface area (Å²) in [6.45, 7) is 13.9. The lowest BCUT2D eigenvalue weighted by Gasteiger charge is -2.32. The van der Waals surface area contributed by atoms with Crippen molar-refractivity contribution in [2.45, 2.75) is 93.5 Å². The number of nitrogens with zero attached hydrogens (tertiary/aromatic N) is 10. The number of hydrogen-bond acceptors (Lipinski definition) is 16. The van der Waals surface area contributed by atoms with Crippen molar-refractivity contribution >= 4 is 51.7 Å². The topological polar surface area (TPSA) is 191 Å². The van der Waals surface area contributed by atoms with Gasteiger partial charge >= 0.3 is 7.12 Å². The number of ether oxygens (including phenoxy) is 4. The monoisotopic (exact) mass is 1050 g/mol. The fourth-order valence-electron chi connectivity index (χ4n) is 8.20. The molecule has 378 valence electrons. The second-order valence-electron chi connectivity index (χ2n) is 17.6. The number of methoxy groups -OCH3 is 2. The largest absolute Gasteiger partial charge is 0.496 e. The Morgan fingerprint density at radius 1 is 0.667 bits per heavy atom. The van der Waals surface area contributed by atoms with Crippen molar-refractivity contribution in [3.05, 3.63) is 123 Å². The van der Waals surface area contributed by atoms with Crippen LogP contribution in [0, 0.1) is 25.5 Å². The number of pyridine rings is 2. The predicted molar refractivity (Wildman–Crippen MR) is 274 cm³/mol. The minimum Gasteiger partial charge on any atom is -0.493 e. The van der Waals surface area contributed by atoms with Gasteiger partial charge in [-0.15, -0.1) is 20.4 Å². The summed E-state index contributed by atoms with van der Waals surface area (Å²) in [6, 6.07) is 9.97. The molecule has 1 fully saturated rings. The van der Waals surface area contributed by atoms with Gasteiger partial charge in [-0.3, -0.25) is 8.80 Å². The number of anilines is 2. The molecule has 0 aliphatic carbocycles. The fraction of sp³-hybridized carbons (Fsp3) is 0.360. The van der Waals surface area contributed by atoms with E-state index >= 15 is 0 Å². The Morgan fingerprint density at radius 2 is 1.15 bits per heavy atom. The lowest BCUT2D eigenvalue weighted by atomic mass is 9.77. The molecular formula is C50H58BBrF2N12O6. The molecule has 3 aliphatic rings. The summed E-state index contributed by atoms with van der Waals surface area (Å²) in [5.41, 5.74) is 8.32. The maximum absolute atomic E-state index is 14.4. The molecule has 6 aromatic heterocycles. The van der Waals surface area contributed by atoms with E-state index in [9.17, 15) is 8.78 Å². The number of fused-ring (bicyclic) bond motifs is 4. The molecule has 0 atom stereocenters. The average molecular weight is 1050 g/mol. The van der Waals surface area contributed by atoms with Crippen LogP contribution in [-0.2, 0) is 35.2 Å². The fourth-order valence-corrected chi connectivity index (χ4v) is 8.57. The first-order valence-electron chi connectivity index (χ1n) is 22.4. The second kappa shape index (κ2) is 21.8. The molecule has 2 N–H and O–H groups in total. The van der Waals surface area contributed by atoms with Crippen LogP contribution in [0.25, 0.3) is 22.4 Å². The summed E-state index contributed by atoms with van der Waals surface area (Å²) in [6.07, 6.45) is 11.4. The zero-order valence-corrected chi connectivity index (χ0v) is 41.4. The van der Waals surface area contributed by atoms with Crippen LogP contribution in [0.15, 0.2) is 78.3 Å². The van der Waals surface area contributed by atoms with Crippen molar-refractivity contribution in [2.75, 3.05) is 38.1 Å². The SMILES string of the molecule is C.C.COc1cc(C)c(-c2cnc(NCc3c(F)ccc4c3CCO4)n3cnnc23)cn1.COc1cc(C)c(B2OC(C)(C)C(C)(C)O2)cn1.Fc1ccc2c(c1CNc1ncc(Br)c3nncn13)CCO2. The van der Waals surface area contributed by atoms with Gasteiger partial charge in [-0.1, -0.05) is 14.9 Å². The summed E-state index contributed by atoms with van der Waals surface area (Å²) < 4.78 is 66.1. The van der Waals surface area contributed by atoms with Gasteiger partial charge in [-0.05, 0) is 92.9 Å². The third-order valence-electron chi connectivity index (χ3n) is 12.8. The number of aromatic nitrogens is 10. The Labute approximate surface area is 425 Å². The molecule has 0 saturated carbocycles. The van der Waals surface area contributed by atoms with Crippen LogP contribution in [0.4, 0.5) is 20.7 Å². The van der Waals surface area contributed by atoms with Crippen LogP contribution >= 0.6 is 15.9 Å². The van der Waals surface area contributed by atoms with Gasteiger partial charge in [0, 0.05) is 102 Å². The van der Waals surface area contributed by atoms with E-state index in [0.29, 0.717) is 72.3 Å². The third kappa shape index (κ3) is 10.5. The van der Waals surface area contributed by atoms with E-state index in [0.717, 1.165) is 61.2 Å². The number of benzene rings is 2. The molecule has 18 nitrogen and oxygen atoms in total. The van der Waals surface area contributed by atoms with Crippen LogP contribution in [-0.4, -0.2) is 94.9 Å². The molecule has 0 amide bonds. The number of rotatable bonds is 10. The molecule has 3 aliphatic heterocycles. The third-order valence-corrected chi connectivity index (χ3v) is 13.3. The van der Waals surface area contributed by atoms with E-state index in [1.807, 2.05) is 53.7 Å². The Bertz CT molecular complexity index is 3210. The lowest BCUT2D eigenvalue weighted by Crippen LogP contribution is -2.41. The van der Waals surface area contributed by atoms with Gasteiger partial charge < -0.3 is 38.9 Å². The van der Waals surface area contributed by atoms with Crippen LogP contribution in [0.2, 0.25) is 0 Å². The Balaban J connectivity index is 0.000000162. The molecule has 9 heterocycles. The highest BCUT2D eigenvalue weighted by Gasteiger charge is 2.52. The highest BCUT2D eigenvalue weighted by molar-refractivity contribution is 9.10. The highest BCUT2D eigenvalue weighted by atomic mass is 79.9. The molecule has 1 saturated heterocycles. The summed E-state index contributed by atoms with van der Waals surface area (Å²) >= 11 is 3.37. The quantitative estimate of drug-likeness (QED) is 0.124. The van der Waals surface area contributed by atoms with Crippen LogP contribution in [0.5, 0.6) is 23.3 Å². The summed E-state index contributed by atoms with van der Waals surface area (Å²) in [7, 11) is 2.82. The molecule has 0 radical (unpaired) electrons. The Kier molecular flexibility index (Phi) is 15.9. The molecule has 2 aromatic carbocycles.